The Kier molecular flexibility index (Phi) is 5.16. The van der Waals surface area contributed by atoms with Gasteiger partial charge in [-0.25, -0.2) is 0 Å². The Hall–Kier alpha value is -2.01. The Balaban J connectivity index is 1.52. The van der Waals surface area contributed by atoms with Crippen molar-refractivity contribution in [2.24, 2.45) is 0 Å². The van der Waals surface area contributed by atoms with Crippen LogP contribution in [0.2, 0.25) is 10.0 Å². The molecule has 2 aromatic carbocycles. The topological polar surface area (TPSA) is 50.1 Å². The van der Waals surface area contributed by atoms with Crippen LogP contribution in [0.5, 0.6) is 0 Å². The van der Waals surface area contributed by atoms with Crippen molar-refractivity contribution in [1.82, 2.24) is 10.5 Å². The molecule has 0 unspecified atom stereocenters. The number of aromatic nitrogens is 1. The van der Waals surface area contributed by atoms with Crippen molar-refractivity contribution in [2.45, 2.75) is 19.4 Å². The zero-order chi connectivity index (χ0) is 17.9. The summed E-state index contributed by atoms with van der Waals surface area (Å²) in [4.78, 5) is 0. The van der Waals surface area contributed by atoms with Crippen molar-refractivity contribution in [3.05, 3.63) is 69.4 Å². The molecule has 4 rings (SSSR count). The van der Waals surface area contributed by atoms with E-state index < -0.39 is 0 Å². The monoisotopic (exact) mass is 387 g/mol. The minimum absolute atomic E-state index is 0.532. The van der Waals surface area contributed by atoms with Crippen LogP contribution in [-0.4, -0.2) is 18.2 Å². The zero-order valence-electron chi connectivity index (χ0n) is 14.2. The van der Waals surface area contributed by atoms with Crippen LogP contribution in [0.3, 0.4) is 0 Å². The van der Waals surface area contributed by atoms with Gasteiger partial charge in [0.05, 0.1) is 17.3 Å². The van der Waals surface area contributed by atoms with Crippen LogP contribution in [0.25, 0.3) is 11.3 Å². The molecule has 0 fully saturated rings. The third-order valence-corrected chi connectivity index (χ3v) is 5.19. The highest BCUT2D eigenvalue weighted by atomic mass is 35.5. The van der Waals surface area contributed by atoms with Gasteiger partial charge in [0.25, 0.3) is 0 Å². The van der Waals surface area contributed by atoms with E-state index in [4.69, 9.17) is 27.7 Å². The van der Waals surface area contributed by atoms with Crippen LogP contribution in [0.15, 0.2) is 47.0 Å². The number of anilines is 1. The number of hydrogen-bond acceptors (Lipinski definition) is 4. The fourth-order valence-corrected chi connectivity index (χ4v) is 3.63. The molecule has 134 valence electrons. The van der Waals surface area contributed by atoms with Gasteiger partial charge in [0.2, 0.25) is 0 Å². The summed E-state index contributed by atoms with van der Waals surface area (Å²) in [5.74, 6) is 0.760. The summed E-state index contributed by atoms with van der Waals surface area (Å²) in [7, 11) is 0. The highest BCUT2D eigenvalue weighted by Gasteiger charge is 2.15. The summed E-state index contributed by atoms with van der Waals surface area (Å²) in [5, 5.41) is 12.5. The number of rotatable bonds is 4. The first-order valence-corrected chi connectivity index (χ1v) is 9.42. The van der Waals surface area contributed by atoms with Crippen LogP contribution in [-0.2, 0) is 19.4 Å². The third-order valence-electron chi connectivity index (χ3n) is 4.62. The molecule has 2 heterocycles. The fraction of sp³-hybridized carbons (Fsp3) is 0.250. The Labute approximate surface area is 162 Å². The lowest BCUT2D eigenvalue weighted by atomic mass is 10.0. The molecule has 4 nitrogen and oxygen atoms in total. The summed E-state index contributed by atoms with van der Waals surface area (Å²) >= 11 is 12.4. The number of nitrogens with one attached hydrogen (secondary N) is 2. The molecule has 1 aliphatic heterocycles. The SMILES string of the molecule is Clc1ccc(-c2cc(CNc3c(Cl)ccc4c3CCNCC4)on2)cc1. The Morgan fingerprint density at radius 2 is 1.85 bits per heavy atom. The van der Waals surface area contributed by atoms with Crippen LogP contribution >= 0.6 is 23.2 Å². The van der Waals surface area contributed by atoms with E-state index in [1.54, 1.807) is 0 Å². The molecular formula is C20H19Cl2N3O. The van der Waals surface area contributed by atoms with Crippen LogP contribution in [0, 0.1) is 0 Å². The van der Waals surface area contributed by atoms with E-state index in [-0.39, 0.29) is 0 Å². The lowest BCUT2D eigenvalue weighted by Crippen LogP contribution is -2.16. The zero-order valence-corrected chi connectivity index (χ0v) is 15.7. The molecule has 0 saturated heterocycles. The Morgan fingerprint density at radius 3 is 2.69 bits per heavy atom. The summed E-state index contributed by atoms with van der Waals surface area (Å²) in [6, 6.07) is 13.6. The highest BCUT2D eigenvalue weighted by molar-refractivity contribution is 6.33. The molecule has 26 heavy (non-hydrogen) atoms. The maximum Gasteiger partial charge on any atom is 0.156 e. The minimum Gasteiger partial charge on any atom is -0.376 e. The summed E-state index contributed by atoms with van der Waals surface area (Å²) < 4.78 is 5.48. The second-order valence-electron chi connectivity index (χ2n) is 6.35. The van der Waals surface area contributed by atoms with Gasteiger partial charge in [-0.1, -0.05) is 46.6 Å². The van der Waals surface area contributed by atoms with Crippen LogP contribution < -0.4 is 10.6 Å². The van der Waals surface area contributed by atoms with Gasteiger partial charge in [0, 0.05) is 16.7 Å². The quantitative estimate of drug-likeness (QED) is 0.664. The number of fused-ring (bicyclic) bond motifs is 1. The van der Waals surface area contributed by atoms with E-state index in [0.29, 0.717) is 11.6 Å². The molecule has 2 N–H and O–H groups in total. The smallest absolute Gasteiger partial charge is 0.156 e. The lowest BCUT2D eigenvalue weighted by molar-refractivity contribution is 0.390. The van der Waals surface area contributed by atoms with Gasteiger partial charge in [-0.15, -0.1) is 0 Å². The van der Waals surface area contributed by atoms with Crippen LogP contribution in [0.1, 0.15) is 16.9 Å². The summed E-state index contributed by atoms with van der Waals surface area (Å²) in [5.41, 5.74) is 5.40. The first-order valence-electron chi connectivity index (χ1n) is 8.67. The molecule has 0 spiro atoms. The van der Waals surface area contributed by atoms with E-state index in [0.717, 1.165) is 53.7 Å². The molecule has 0 bridgehead atoms. The molecular weight excluding hydrogens is 369 g/mol. The average Bonchev–Trinajstić information content (AvgIpc) is 2.99. The first-order chi connectivity index (χ1) is 12.7. The Morgan fingerprint density at radius 1 is 1.04 bits per heavy atom. The molecule has 0 saturated carbocycles. The van der Waals surface area contributed by atoms with E-state index in [1.165, 1.54) is 11.1 Å². The van der Waals surface area contributed by atoms with E-state index in [9.17, 15) is 0 Å². The minimum atomic E-state index is 0.532. The maximum absolute atomic E-state index is 6.45. The average molecular weight is 388 g/mol. The number of nitrogens with zero attached hydrogens (tertiary/aromatic N) is 1. The molecule has 0 aliphatic carbocycles. The van der Waals surface area contributed by atoms with Gasteiger partial charge in [-0.3, -0.25) is 0 Å². The third kappa shape index (κ3) is 3.73. The van der Waals surface area contributed by atoms with Crippen molar-refractivity contribution < 1.29 is 4.52 Å². The van der Waals surface area contributed by atoms with E-state index in [2.05, 4.69) is 21.9 Å². The van der Waals surface area contributed by atoms with Crippen molar-refractivity contribution in [2.75, 3.05) is 18.4 Å². The van der Waals surface area contributed by atoms with Crippen molar-refractivity contribution in [1.29, 1.82) is 0 Å². The lowest BCUT2D eigenvalue weighted by Gasteiger charge is -2.15. The van der Waals surface area contributed by atoms with Crippen molar-refractivity contribution in [3.63, 3.8) is 0 Å². The van der Waals surface area contributed by atoms with Crippen molar-refractivity contribution in [3.8, 4) is 11.3 Å². The normalized spacial score (nSPS) is 13.9. The maximum atomic E-state index is 6.45. The molecule has 3 aromatic rings. The number of hydrogen-bond donors (Lipinski definition) is 2. The van der Waals surface area contributed by atoms with Gasteiger partial charge in [0.15, 0.2) is 5.76 Å². The van der Waals surface area contributed by atoms with Gasteiger partial charge < -0.3 is 15.2 Å². The predicted molar refractivity (Wildman–Crippen MR) is 106 cm³/mol. The van der Waals surface area contributed by atoms with E-state index >= 15 is 0 Å². The van der Waals surface area contributed by atoms with Gasteiger partial charge >= 0.3 is 0 Å². The number of halogens is 2. The largest absolute Gasteiger partial charge is 0.376 e. The highest BCUT2D eigenvalue weighted by Crippen LogP contribution is 2.31. The standard InChI is InChI=1S/C20H19Cl2N3O/c21-15-4-1-14(2-5-15)19-11-16(26-25-19)12-24-20-17-8-10-23-9-7-13(17)3-6-18(20)22/h1-6,11,23-24H,7-10,12H2. The van der Waals surface area contributed by atoms with Crippen molar-refractivity contribution >= 4 is 28.9 Å². The molecule has 0 atom stereocenters. The number of benzene rings is 2. The van der Waals surface area contributed by atoms with Gasteiger partial charge in [-0.2, -0.15) is 0 Å². The molecule has 0 radical (unpaired) electrons. The molecule has 1 aliphatic rings. The second kappa shape index (κ2) is 7.70. The first kappa shape index (κ1) is 17.4. The Bertz CT molecular complexity index is 906. The van der Waals surface area contributed by atoms with Crippen LogP contribution in [0.4, 0.5) is 5.69 Å². The second-order valence-corrected chi connectivity index (χ2v) is 7.19. The summed E-state index contributed by atoms with van der Waals surface area (Å²) in [6.45, 7) is 2.50. The van der Waals surface area contributed by atoms with Gasteiger partial charge in [0.1, 0.15) is 5.69 Å². The van der Waals surface area contributed by atoms with E-state index in [1.807, 2.05) is 36.4 Å². The summed E-state index contributed by atoms with van der Waals surface area (Å²) in [6.07, 6.45) is 1.98. The fourth-order valence-electron chi connectivity index (χ4n) is 3.26. The molecule has 0 amide bonds. The predicted octanol–water partition coefficient (Wildman–Crippen LogP) is 4.95. The molecule has 1 aromatic heterocycles. The molecule has 6 heteroatoms. The van der Waals surface area contributed by atoms with Gasteiger partial charge in [-0.05, 0) is 55.3 Å².